The molecule has 1 heterocycles. The van der Waals surface area contributed by atoms with E-state index in [1.807, 2.05) is 0 Å². The molecule has 3 nitrogen and oxygen atoms in total. The number of pyridine rings is 1. The highest BCUT2D eigenvalue weighted by molar-refractivity contribution is 6.32. The zero-order chi connectivity index (χ0) is 13.1. The van der Waals surface area contributed by atoms with E-state index in [9.17, 15) is 9.50 Å². The summed E-state index contributed by atoms with van der Waals surface area (Å²) in [7, 11) is 0. The fourth-order valence-corrected chi connectivity index (χ4v) is 1.62. The molecule has 0 radical (unpaired) electrons. The predicted octanol–water partition coefficient (Wildman–Crippen LogP) is 3.72. The van der Waals surface area contributed by atoms with Gasteiger partial charge in [-0.05, 0) is 36.8 Å². The molecule has 2 aromatic rings. The van der Waals surface area contributed by atoms with Gasteiger partial charge in [-0.25, -0.2) is 9.37 Å². The number of rotatable bonds is 3. The van der Waals surface area contributed by atoms with Gasteiger partial charge in [0, 0.05) is 12.3 Å². The average molecular weight is 268 g/mol. The van der Waals surface area contributed by atoms with Crippen LogP contribution >= 0.6 is 11.6 Å². The van der Waals surface area contributed by atoms with E-state index in [0.29, 0.717) is 17.2 Å². The third kappa shape index (κ3) is 2.97. The average Bonchev–Trinajstić information content (AvgIpc) is 2.33. The lowest BCUT2D eigenvalue weighted by molar-refractivity contribution is 0.198. The van der Waals surface area contributed by atoms with Crippen LogP contribution < -0.4 is 4.74 Å². The molecule has 5 heteroatoms. The first-order valence-electron chi connectivity index (χ1n) is 5.33. The van der Waals surface area contributed by atoms with E-state index in [2.05, 4.69) is 4.98 Å². The molecule has 0 amide bonds. The van der Waals surface area contributed by atoms with Crippen LogP contribution in [0.15, 0.2) is 36.5 Å². The Kier molecular flexibility index (Phi) is 3.79. The van der Waals surface area contributed by atoms with Gasteiger partial charge >= 0.3 is 0 Å². The second-order valence-corrected chi connectivity index (χ2v) is 4.19. The molecular weight excluding hydrogens is 257 g/mol. The van der Waals surface area contributed by atoms with E-state index < -0.39 is 11.9 Å². The van der Waals surface area contributed by atoms with Gasteiger partial charge in [-0.3, -0.25) is 0 Å². The van der Waals surface area contributed by atoms with Crippen LogP contribution in [0, 0.1) is 5.82 Å². The third-order valence-corrected chi connectivity index (χ3v) is 2.65. The van der Waals surface area contributed by atoms with Crippen molar-refractivity contribution in [1.29, 1.82) is 0 Å². The topological polar surface area (TPSA) is 42.4 Å². The van der Waals surface area contributed by atoms with Gasteiger partial charge in [-0.1, -0.05) is 11.6 Å². The minimum atomic E-state index is -0.612. The van der Waals surface area contributed by atoms with Gasteiger partial charge in [0.2, 0.25) is 5.88 Å². The van der Waals surface area contributed by atoms with Gasteiger partial charge in [0.15, 0.2) is 0 Å². The Morgan fingerprint density at radius 2 is 2.11 bits per heavy atom. The zero-order valence-corrected chi connectivity index (χ0v) is 10.4. The van der Waals surface area contributed by atoms with Crippen LogP contribution in [0.1, 0.15) is 18.6 Å². The van der Waals surface area contributed by atoms with E-state index >= 15 is 0 Å². The van der Waals surface area contributed by atoms with Crippen LogP contribution in [0.4, 0.5) is 4.39 Å². The molecule has 0 spiro atoms. The summed E-state index contributed by atoms with van der Waals surface area (Å²) in [5.41, 5.74) is 0.679. The van der Waals surface area contributed by atoms with Gasteiger partial charge in [0.05, 0.1) is 11.1 Å². The third-order valence-electron chi connectivity index (χ3n) is 2.35. The first-order chi connectivity index (χ1) is 8.56. The smallest absolute Gasteiger partial charge is 0.219 e. The molecule has 0 aliphatic heterocycles. The summed E-state index contributed by atoms with van der Waals surface area (Å²) in [6, 6.07) is 7.12. The SMILES string of the molecule is C[C@H](O)c1ccnc(Oc2ccc(F)cc2Cl)c1. The van der Waals surface area contributed by atoms with Crippen LogP contribution in [0.3, 0.4) is 0 Å². The highest BCUT2D eigenvalue weighted by Crippen LogP contribution is 2.29. The lowest BCUT2D eigenvalue weighted by Gasteiger charge is -2.09. The molecule has 1 N–H and O–H groups in total. The highest BCUT2D eigenvalue weighted by Gasteiger charge is 2.07. The molecule has 0 saturated heterocycles. The van der Waals surface area contributed by atoms with Crippen LogP contribution in [-0.4, -0.2) is 10.1 Å². The molecule has 1 atom stereocenters. The van der Waals surface area contributed by atoms with E-state index in [-0.39, 0.29) is 5.02 Å². The van der Waals surface area contributed by atoms with Crippen LogP contribution in [-0.2, 0) is 0 Å². The molecule has 18 heavy (non-hydrogen) atoms. The van der Waals surface area contributed by atoms with Crippen LogP contribution in [0.2, 0.25) is 5.02 Å². The summed E-state index contributed by atoms with van der Waals surface area (Å²) in [6.45, 7) is 1.64. The van der Waals surface area contributed by atoms with Crippen molar-refractivity contribution in [3.05, 3.63) is 52.9 Å². The van der Waals surface area contributed by atoms with Crippen molar-refractivity contribution in [2.24, 2.45) is 0 Å². The molecule has 0 bridgehead atoms. The standard InChI is InChI=1S/C13H11ClFNO2/c1-8(17)9-4-5-16-13(6-9)18-12-3-2-10(15)7-11(12)14/h2-8,17H,1H3/t8-/m0/s1. The summed E-state index contributed by atoms with van der Waals surface area (Å²) in [5, 5.41) is 9.61. The first-order valence-corrected chi connectivity index (χ1v) is 5.71. The van der Waals surface area contributed by atoms with E-state index in [4.69, 9.17) is 16.3 Å². The van der Waals surface area contributed by atoms with E-state index in [0.717, 1.165) is 6.07 Å². The zero-order valence-electron chi connectivity index (χ0n) is 9.60. The van der Waals surface area contributed by atoms with E-state index in [1.165, 1.54) is 18.3 Å². The summed E-state index contributed by atoms with van der Waals surface area (Å²) in [6.07, 6.45) is 0.911. The summed E-state index contributed by atoms with van der Waals surface area (Å²) in [5.74, 6) is 0.174. The predicted molar refractivity (Wildman–Crippen MR) is 66.4 cm³/mol. The van der Waals surface area contributed by atoms with Gasteiger partial charge in [0.25, 0.3) is 0 Å². The second kappa shape index (κ2) is 5.33. The number of aliphatic hydroxyl groups excluding tert-OH is 1. The summed E-state index contributed by atoms with van der Waals surface area (Å²) >= 11 is 5.84. The normalized spacial score (nSPS) is 12.2. The summed E-state index contributed by atoms with van der Waals surface area (Å²) < 4.78 is 18.3. The molecule has 0 aliphatic carbocycles. The van der Waals surface area contributed by atoms with Crippen molar-refractivity contribution in [2.75, 3.05) is 0 Å². The van der Waals surface area contributed by atoms with E-state index in [1.54, 1.807) is 19.1 Å². The number of aromatic nitrogens is 1. The van der Waals surface area contributed by atoms with Crippen LogP contribution in [0.25, 0.3) is 0 Å². The maximum atomic E-state index is 12.9. The van der Waals surface area contributed by atoms with Crippen molar-refractivity contribution in [3.63, 3.8) is 0 Å². The van der Waals surface area contributed by atoms with Crippen molar-refractivity contribution in [3.8, 4) is 11.6 Å². The largest absolute Gasteiger partial charge is 0.437 e. The molecule has 94 valence electrons. The maximum absolute atomic E-state index is 12.9. The highest BCUT2D eigenvalue weighted by atomic mass is 35.5. The molecule has 0 aliphatic rings. The summed E-state index contributed by atoms with van der Waals surface area (Å²) in [4.78, 5) is 3.99. The van der Waals surface area contributed by atoms with Gasteiger partial charge in [-0.2, -0.15) is 0 Å². The number of nitrogens with zero attached hydrogens (tertiary/aromatic N) is 1. The Labute approximate surface area is 109 Å². The molecule has 0 unspecified atom stereocenters. The number of hydrogen-bond donors (Lipinski definition) is 1. The van der Waals surface area contributed by atoms with Crippen molar-refractivity contribution >= 4 is 11.6 Å². The Morgan fingerprint density at radius 1 is 1.33 bits per heavy atom. The van der Waals surface area contributed by atoms with Crippen molar-refractivity contribution in [2.45, 2.75) is 13.0 Å². The molecule has 0 saturated carbocycles. The van der Waals surface area contributed by atoms with Gasteiger partial charge < -0.3 is 9.84 Å². The fourth-order valence-electron chi connectivity index (χ4n) is 1.41. The molecule has 2 rings (SSSR count). The van der Waals surface area contributed by atoms with Crippen molar-refractivity contribution in [1.82, 2.24) is 4.98 Å². The molecule has 1 aromatic heterocycles. The Bertz CT molecular complexity index is 560. The minimum Gasteiger partial charge on any atom is -0.437 e. The van der Waals surface area contributed by atoms with Crippen LogP contribution in [0.5, 0.6) is 11.6 Å². The lowest BCUT2D eigenvalue weighted by atomic mass is 10.2. The monoisotopic (exact) mass is 267 g/mol. The van der Waals surface area contributed by atoms with Gasteiger partial charge in [-0.15, -0.1) is 0 Å². The van der Waals surface area contributed by atoms with Crippen molar-refractivity contribution < 1.29 is 14.2 Å². The molecular formula is C13H11ClFNO2. The number of hydrogen-bond acceptors (Lipinski definition) is 3. The lowest BCUT2D eigenvalue weighted by Crippen LogP contribution is -1.94. The maximum Gasteiger partial charge on any atom is 0.219 e. The molecule has 0 fully saturated rings. The quantitative estimate of drug-likeness (QED) is 0.922. The number of benzene rings is 1. The second-order valence-electron chi connectivity index (χ2n) is 3.78. The molecule has 1 aromatic carbocycles. The van der Waals surface area contributed by atoms with Gasteiger partial charge in [0.1, 0.15) is 11.6 Å². The Morgan fingerprint density at radius 3 is 2.78 bits per heavy atom. The number of halogens is 2. The Hall–Kier alpha value is -1.65. The number of aliphatic hydroxyl groups is 1. The fraction of sp³-hybridized carbons (Fsp3) is 0.154. The number of ether oxygens (including phenoxy) is 1. The Balaban J connectivity index is 2.25. The first kappa shape index (κ1) is 12.8. The minimum absolute atomic E-state index is 0.166.